The Balaban J connectivity index is 2.64. The summed E-state index contributed by atoms with van der Waals surface area (Å²) in [5.74, 6) is 0.517. The van der Waals surface area contributed by atoms with Crippen LogP contribution in [-0.4, -0.2) is 4.99 Å². The van der Waals surface area contributed by atoms with Crippen LogP contribution in [0.3, 0.4) is 0 Å². The quantitative estimate of drug-likeness (QED) is 0.856. The molecule has 0 spiro atoms. The van der Waals surface area contributed by atoms with Crippen LogP contribution in [0.25, 0.3) is 0 Å². The maximum absolute atomic E-state index is 5.52. The summed E-state index contributed by atoms with van der Waals surface area (Å²) in [5, 5.41) is 0. The molecule has 0 bridgehead atoms. The van der Waals surface area contributed by atoms with Crippen LogP contribution < -0.4 is 5.73 Å². The molecule has 3 heteroatoms. The smallest absolute Gasteiger partial charge is 0.0730 e. The van der Waals surface area contributed by atoms with E-state index in [0.29, 0.717) is 10.9 Å². The molecule has 0 amide bonds. The highest BCUT2D eigenvalue weighted by Gasteiger charge is 2.06. The molecule has 1 aromatic rings. The third-order valence-corrected chi connectivity index (χ3v) is 3.41. The second-order valence-corrected chi connectivity index (χ2v) is 5.44. The standard InChI is InChI=1S/C12H16BrNS/c1-8(6-12(14)15)5-10-3-4-11(13)9(2)7-10/h3-4,7-8H,5-6H2,1-2H3,(H2,14,15). The van der Waals surface area contributed by atoms with Crippen molar-refractivity contribution in [2.45, 2.75) is 26.7 Å². The van der Waals surface area contributed by atoms with E-state index in [1.807, 2.05) is 0 Å². The monoisotopic (exact) mass is 285 g/mol. The van der Waals surface area contributed by atoms with Gasteiger partial charge in [0.2, 0.25) is 0 Å². The number of rotatable bonds is 4. The lowest BCUT2D eigenvalue weighted by Crippen LogP contribution is -2.13. The summed E-state index contributed by atoms with van der Waals surface area (Å²) in [7, 11) is 0. The third kappa shape index (κ3) is 4.31. The van der Waals surface area contributed by atoms with Gasteiger partial charge in [0.25, 0.3) is 0 Å². The fourth-order valence-corrected chi connectivity index (χ4v) is 2.18. The first-order valence-electron chi connectivity index (χ1n) is 5.02. The summed E-state index contributed by atoms with van der Waals surface area (Å²) in [5.41, 5.74) is 8.14. The molecule has 0 heterocycles. The lowest BCUT2D eigenvalue weighted by Gasteiger charge is -2.11. The van der Waals surface area contributed by atoms with Gasteiger partial charge in [-0.3, -0.25) is 0 Å². The molecule has 1 rings (SSSR count). The second kappa shape index (κ2) is 5.61. The molecule has 0 fully saturated rings. The molecule has 82 valence electrons. The van der Waals surface area contributed by atoms with Crippen LogP contribution in [0.1, 0.15) is 24.5 Å². The normalized spacial score (nSPS) is 12.5. The van der Waals surface area contributed by atoms with E-state index in [9.17, 15) is 0 Å². The van der Waals surface area contributed by atoms with Crippen molar-refractivity contribution in [3.8, 4) is 0 Å². The summed E-state index contributed by atoms with van der Waals surface area (Å²) in [6.07, 6.45) is 1.86. The fraction of sp³-hybridized carbons (Fsp3) is 0.417. The first kappa shape index (κ1) is 12.7. The molecule has 1 unspecified atom stereocenters. The minimum atomic E-state index is 0.517. The number of benzene rings is 1. The average molecular weight is 286 g/mol. The Bertz CT molecular complexity index is 363. The molecular formula is C12H16BrNS. The van der Waals surface area contributed by atoms with Crippen molar-refractivity contribution in [1.82, 2.24) is 0 Å². The van der Waals surface area contributed by atoms with Gasteiger partial charge in [0.05, 0.1) is 4.99 Å². The Labute approximate surface area is 105 Å². The van der Waals surface area contributed by atoms with E-state index in [1.165, 1.54) is 11.1 Å². The van der Waals surface area contributed by atoms with E-state index in [4.69, 9.17) is 18.0 Å². The second-order valence-electron chi connectivity index (χ2n) is 4.06. The van der Waals surface area contributed by atoms with Crippen LogP contribution in [-0.2, 0) is 6.42 Å². The van der Waals surface area contributed by atoms with Crippen molar-refractivity contribution in [2.75, 3.05) is 0 Å². The number of halogens is 1. The number of hydrogen-bond acceptors (Lipinski definition) is 1. The number of thiocarbonyl (C=S) groups is 1. The van der Waals surface area contributed by atoms with Crippen molar-refractivity contribution in [3.63, 3.8) is 0 Å². The predicted molar refractivity (Wildman–Crippen MR) is 73.1 cm³/mol. The molecule has 0 aliphatic rings. The van der Waals surface area contributed by atoms with E-state index < -0.39 is 0 Å². The highest BCUT2D eigenvalue weighted by molar-refractivity contribution is 9.10. The number of nitrogens with two attached hydrogens (primary N) is 1. The summed E-state index contributed by atoms with van der Waals surface area (Å²) in [4.78, 5) is 0.608. The summed E-state index contributed by atoms with van der Waals surface area (Å²) >= 11 is 8.40. The molecule has 2 N–H and O–H groups in total. The average Bonchev–Trinajstić information content (AvgIpc) is 2.10. The van der Waals surface area contributed by atoms with Crippen LogP contribution >= 0.6 is 28.1 Å². The molecule has 1 nitrogen and oxygen atoms in total. The van der Waals surface area contributed by atoms with Gasteiger partial charge in [-0.1, -0.05) is 47.2 Å². The van der Waals surface area contributed by atoms with Gasteiger partial charge in [-0.05, 0) is 36.5 Å². The van der Waals surface area contributed by atoms with Crippen molar-refractivity contribution < 1.29 is 0 Å². The van der Waals surface area contributed by atoms with Gasteiger partial charge in [0, 0.05) is 10.9 Å². The number of hydrogen-bond donors (Lipinski definition) is 1. The van der Waals surface area contributed by atoms with E-state index in [2.05, 4.69) is 48.0 Å². The molecule has 1 aromatic carbocycles. The van der Waals surface area contributed by atoms with Crippen molar-refractivity contribution in [1.29, 1.82) is 0 Å². The van der Waals surface area contributed by atoms with Crippen LogP contribution in [0.15, 0.2) is 22.7 Å². The highest BCUT2D eigenvalue weighted by atomic mass is 79.9. The van der Waals surface area contributed by atoms with Gasteiger partial charge in [0.15, 0.2) is 0 Å². The zero-order valence-electron chi connectivity index (χ0n) is 9.09. The van der Waals surface area contributed by atoms with Gasteiger partial charge in [-0.25, -0.2) is 0 Å². The molecule has 0 aromatic heterocycles. The van der Waals surface area contributed by atoms with E-state index in [1.54, 1.807) is 0 Å². The Morgan fingerprint density at radius 2 is 2.20 bits per heavy atom. The molecule has 15 heavy (non-hydrogen) atoms. The summed E-state index contributed by atoms with van der Waals surface area (Å²) in [6.45, 7) is 4.28. The van der Waals surface area contributed by atoms with Crippen molar-refractivity contribution in [2.24, 2.45) is 11.7 Å². The largest absolute Gasteiger partial charge is 0.393 e. The topological polar surface area (TPSA) is 26.0 Å². The zero-order chi connectivity index (χ0) is 11.4. The van der Waals surface area contributed by atoms with E-state index >= 15 is 0 Å². The molecular weight excluding hydrogens is 270 g/mol. The minimum Gasteiger partial charge on any atom is -0.393 e. The van der Waals surface area contributed by atoms with Gasteiger partial charge in [-0.15, -0.1) is 0 Å². The summed E-state index contributed by atoms with van der Waals surface area (Å²) in [6, 6.07) is 6.45. The van der Waals surface area contributed by atoms with Gasteiger partial charge in [0.1, 0.15) is 0 Å². The maximum Gasteiger partial charge on any atom is 0.0730 e. The minimum absolute atomic E-state index is 0.517. The molecule has 0 saturated carbocycles. The first-order valence-corrected chi connectivity index (χ1v) is 6.22. The lowest BCUT2D eigenvalue weighted by atomic mass is 9.97. The lowest BCUT2D eigenvalue weighted by molar-refractivity contribution is 0.607. The predicted octanol–water partition coefficient (Wildman–Crippen LogP) is 3.61. The van der Waals surface area contributed by atoms with Crippen molar-refractivity contribution >= 4 is 33.1 Å². The van der Waals surface area contributed by atoms with Crippen LogP contribution in [0.2, 0.25) is 0 Å². The fourth-order valence-electron chi connectivity index (χ4n) is 1.65. The molecule has 0 aliphatic carbocycles. The van der Waals surface area contributed by atoms with Crippen LogP contribution in [0.4, 0.5) is 0 Å². The van der Waals surface area contributed by atoms with Crippen LogP contribution in [0.5, 0.6) is 0 Å². The Hall–Kier alpha value is -0.410. The molecule has 0 saturated heterocycles. The summed E-state index contributed by atoms with van der Waals surface area (Å²) < 4.78 is 1.16. The van der Waals surface area contributed by atoms with Crippen LogP contribution in [0, 0.1) is 12.8 Å². The van der Waals surface area contributed by atoms with Gasteiger partial charge < -0.3 is 5.73 Å². The SMILES string of the molecule is Cc1cc(CC(C)CC(N)=S)ccc1Br. The maximum atomic E-state index is 5.52. The van der Waals surface area contributed by atoms with E-state index in [0.717, 1.165) is 17.3 Å². The zero-order valence-corrected chi connectivity index (χ0v) is 11.5. The third-order valence-electron chi connectivity index (χ3n) is 2.36. The molecule has 1 atom stereocenters. The highest BCUT2D eigenvalue weighted by Crippen LogP contribution is 2.19. The molecule has 0 radical (unpaired) electrons. The number of aryl methyl sites for hydroxylation is 1. The first-order chi connectivity index (χ1) is 6.99. The van der Waals surface area contributed by atoms with E-state index in [-0.39, 0.29) is 0 Å². The Morgan fingerprint density at radius 1 is 1.53 bits per heavy atom. The van der Waals surface area contributed by atoms with Crippen molar-refractivity contribution in [3.05, 3.63) is 33.8 Å². The Kier molecular flexibility index (Phi) is 4.74. The van der Waals surface area contributed by atoms with Gasteiger partial charge >= 0.3 is 0 Å². The molecule has 0 aliphatic heterocycles. The Morgan fingerprint density at radius 3 is 2.73 bits per heavy atom. The van der Waals surface area contributed by atoms with Gasteiger partial charge in [-0.2, -0.15) is 0 Å².